The van der Waals surface area contributed by atoms with Crippen LogP contribution in [0.1, 0.15) is 15.9 Å². The number of hydrogen-bond acceptors (Lipinski definition) is 7. The highest BCUT2D eigenvalue weighted by Gasteiger charge is 2.12. The van der Waals surface area contributed by atoms with Gasteiger partial charge in [0.05, 0.1) is 12.8 Å². The number of nitrogens with one attached hydrogen (secondary N) is 3. The molecule has 0 radical (unpaired) electrons. The Kier molecular flexibility index (Phi) is 5.81. The van der Waals surface area contributed by atoms with Crippen LogP contribution in [0.25, 0.3) is 0 Å². The Morgan fingerprint density at radius 3 is 2.68 bits per heavy atom. The lowest BCUT2D eigenvalue weighted by Gasteiger charge is -2.15. The summed E-state index contributed by atoms with van der Waals surface area (Å²) in [5, 5.41) is 3.59. The first-order valence-electron chi connectivity index (χ1n) is 8.32. The van der Waals surface area contributed by atoms with Crippen LogP contribution in [0.15, 0.2) is 48.8 Å². The largest absolute Gasteiger partial charge is 0.495 e. The number of ether oxygens (including phenoxy) is 1. The average molecular weight is 399 g/mol. The molecule has 28 heavy (non-hydrogen) atoms. The third kappa shape index (κ3) is 4.41. The van der Waals surface area contributed by atoms with Gasteiger partial charge in [0.25, 0.3) is 5.91 Å². The highest BCUT2D eigenvalue weighted by atomic mass is 35.5. The normalized spacial score (nSPS) is 10.2. The van der Waals surface area contributed by atoms with Crippen LogP contribution < -0.4 is 26.6 Å². The highest BCUT2D eigenvalue weighted by Crippen LogP contribution is 2.31. The fourth-order valence-corrected chi connectivity index (χ4v) is 2.65. The molecule has 0 saturated carbocycles. The summed E-state index contributed by atoms with van der Waals surface area (Å²) in [5.74, 6) is 0.889. The number of nitrogens with two attached hydrogens (primary N) is 1. The first kappa shape index (κ1) is 19.2. The number of nitrogen functional groups attached to an aromatic ring is 1. The topological polar surface area (TPSA) is 114 Å². The number of amides is 1. The fraction of sp³-hybridized carbons (Fsp3) is 0.105. The van der Waals surface area contributed by atoms with Gasteiger partial charge in [-0.1, -0.05) is 23.7 Å². The second kappa shape index (κ2) is 8.45. The molecule has 0 aliphatic heterocycles. The van der Waals surface area contributed by atoms with E-state index in [1.807, 2.05) is 25.1 Å². The highest BCUT2D eigenvalue weighted by molar-refractivity contribution is 6.30. The lowest BCUT2D eigenvalue weighted by atomic mass is 10.2. The van der Waals surface area contributed by atoms with Gasteiger partial charge in [-0.25, -0.2) is 9.97 Å². The van der Waals surface area contributed by atoms with E-state index in [2.05, 4.69) is 26.1 Å². The number of benzene rings is 2. The number of rotatable bonds is 6. The van der Waals surface area contributed by atoms with Crippen molar-refractivity contribution < 1.29 is 9.53 Å². The molecule has 3 rings (SSSR count). The first-order valence-corrected chi connectivity index (χ1v) is 8.70. The number of hydrogen-bond donors (Lipinski definition) is 4. The van der Waals surface area contributed by atoms with Gasteiger partial charge in [0.15, 0.2) is 11.6 Å². The van der Waals surface area contributed by atoms with Gasteiger partial charge in [0.1, 0.15) is 17.8 Å². The Labute approximate surface area is 167 Å². The Balaban J connectivity index is 1.76. The van der Waals surface area contributed by atoms with E-state index in [1.165, 1.54) is 6.33 Å². The second-order valence-corrected chi connectivity index (χ2v) is 6.34. The van der Waals surface area contributed by atoms with Gasteiger partial charge in [0, 0.05) is 10.6 Å². The molecule has 9 heteroatoms. The lowest BCUT2D eigenvalue weighted by Crippen LogP contribution is -2.30. The zero-order valence-electron chi connectivity index (χ0n) is 15.3. The van der Waals surface area contributed by atoms with Gasteiger partial charge in [-0.15, -0.1) is 0 Å². The molecule has 144 valence electrons. The molecular weight excluding hydrogens is 380 g/mol. The van der Waals surface area contributed by atoms with Crippen LogP contribution in [0.5, 0.6) is 5.75 Å². The van der Waals surface area contributed by atoms with E-state index in [0.717, 1.165) is 5.56 Å². The summed E-state index contributed by atoms with van der Waals surface area (Å²) in [5.41, 5.74) is 13.8. The van der Waals surface area contributed by atoms with Crippen molar-refractivity contribution in [3.63, 3.8) is 0 Å². The van der Waals surface area contributed by atoms with Gasteiger partial charge in [-0.2, -0.15) is 0 Å². The van der Waals surface area contributed by atoms with Gasteiger partial charge in [0.2, 0.25) is 0 Å². The van der Waals surface area contributed by atoms with Crippen LogP contribution >= 0.6 is 11.6 Å². The minimum atomic E-state index is -0.379. The average Bonchev–Trinajstić information content (AvgIpc) is 2.68. The van der Waals surface area contributed by atoms with Crippen LogP contribution in [0, 0.1) is 6.92 Å². The zero-order chi connectivity index (χ0) is 20.1. The summed E-state index contributed by atoms with van der Waals surface area (Å²) in [4.78, 5) is 20.5. The van der Waals surface area contributed by atoms with Crippen molar-refractivity contribution in [3.8, 4) is 5.75 Å². The van der Waals surface area contributed by atoms with Crippen LogP contribution in [-0.4, -0.2) is 23.0 Å². The SMILES string of the molecule is COc1ccc(C)cc1Nc1ncnc(NNC(=O)c2cccc(Cl)c2)c1N. The Morgan fingerprint density at radius 2 is 1.93 bits per heavy atom. The molecule has 0 unspecified atom stereocenters. The third-order valence-electron chi connectivity index (χ3n) is 3.87. The number of nitrogens with zero attached hydrogens (tertiary/aromatic N) is 2. The van der Waals surface area contributed by atoms with Crippen molar-refractivity contribution in [2.24, 2.45) is 0 Å². The molecule has 0 saturated heterocycles. The molecule has 1 amide bonds. The van der Waals surface area contributed by atoms with Crippen LogP contribution in [0.2, 0.25) is 5.02 Å². The van der Waals surface area contributed by atoms with Crippen molar-refractivity contribution in [1.29, 1.82) is 0 Å². The molecule has 2 aromatic carbocycles. The maximum Gasteiger partial charge on any atom is 0.269 e. The number of aryl methyl sites for hydroxylation is 1. The van der Waals surface area contributed by atoms with E-state index in [9.17, 15) is 4.79 Å². The lowest BCUT2D eigenvalue weighted by molar-refractivity contribution is 0.0962. The Morgan fingerprint density at radius 1 is 1.14 bits per heavy atom. The van der Waals surface area contributed by atoms with E-state index < -0.39 is 0 Å². The van der Waals surface area contributed by atoms with Gasteiger partial charge >= 0.3 is 0 Å². The molecule has 8 nitrogen and oxygen atoms in total. The molecule has 0 aliphatic rings. The summed E-state index contributed by atoms with van der Waals surface area (Å²) in [6.45, 7) is 1.96. The number of anilines is 4. The molecule has 0 bridgehead atoms. The van der Waals surface area contributed by atoms with Gasteiger partial charge in [-0.05, 0) is 42.8 Å². The second-order valence-electron chi connectivity index (χ2n) is 5.90. The minimum Gasteiger partial charge on any atom is -0.495 e. The molecule has 1 heterocycles. The van der Waals surface area contributed by atoms with E-state index in [1.54, 1.807) is 31.4 Å². The van der Waals surface area contributed by atoms with Crippen molar-refractivity contribution >= 4 is 40.5 Å². The van der Waals surface area contributed by atoms with Crippen molar-refractivity contribution in [3.05, 3.63) is 64.9 Å². The Bertz CT molecular complexity index is 1010. The minimum absolute atomic E-state index is 0.234. The number of halogens is 1. The maximum absolute atomic E-state index is 12.2. The number of carbonyl (C=O) groups excluding carboxylic acids is 1. The summed E-state index contributed by atoms with van der Waals surface area (Å²) in [6.07, 6.45) is 1.33. The smallest absolute Gasteiger partial charge is 0.269 e. The predicted molar refractivity (Wildman–Crippen MR) is 110 cm³/mol. The number of methoxy groups -OCH3 is 1. The predicted octanol–water partition coefficient (Wildman–Crippen LogP) is 3.53. The third-order valence-corrected chi connectivity index (χ3v) is 4.11. The van der Waals surface area contributed by atoms with Gasteiger partial charge < -0.3 is 15.8 Å². The summed E-state index contributed by atoms with van der Waals surface area (Å²) in [6, 6.07) is 12.3. The van der Waals surface area contributed by atoms with Crippen molar-refractivity contribution in [2.45, 2.75) is 6.92 Å². The van der Waals surface area contributed by atoms with Gasteiger partial charge in [-0.3, -0.25) is 15.6 Å². The summed E-state index contributed by atoms with van der Waals surface area (Å²) in [7, 11) is 1.58. The Hall–Kier alpha value is -3.52. The van der Waals surface area contributed by atoms with E-state index in [-0.39, 0.29) is 17.4 Å². The fourth-order valence-electron chi connectivity index (χ4n) is 2.46. The van der Waals surface area contributed by atoms with Crippen LogP contribution in [0.3, 0.4) is 0 Å². The van der Waals surface area contributed by atoms with E-state index in [0.29, 0.717) is 27.8 Å². The molecule has 1 aromatic heterocycles. The van der Waals surface area contributed by atoms with Crippen LogP contribution in [0.4, 0.5) is 23.0 Å². The molecule has 0 spiro atoms. The molecule has 5 N–H and O–H groups in total. The van der Waals surface area contributed by atoms with Crippen molar-refractivity contribution in [1.82, 2.24) is 15.4 Å². The molecule has 0 aliphatic carbocycles. The summed E-state index contributed by atoms with van der Waals surface area (Å²) < 4.78 is 5.35. The standard InChI is InChI=1S/C19H19ClN6O2/c1-11-6-7-15(28-2)14(8-11)24-17-16(21)18(23-10-22-17)25-26-19(27)12-4-3-5-13(20)9-12/h3-10H,21H2,1-2H3,(H,26,27)(H2,22,23,24,25). The van der Waals surface area contributed by atoms with E-state index >= 15 is 0 Å². The van der Waals surface area contributed by atoms with Crippen molar-refractivity contribution in [2.75, 3.05) is 23.6 Å². The molecule has 3 aromatic rings. The summed E-state index contributed by atoms with van der Waals surface area (Å²) >= 11 is 5.91. The molecular formula is C19H19ClN6O2. The van der Waals surface area contributed by atoms with Crippen LogP contribution in [-0.2, 0) is 0 Å². The number of aromatic nitrogens is 2. The molecule has 0 fully saturated rings. The zero-order valence-corrected chi connectivity index (χ0v) is 16.0. The van der Waals surface area contributed by atoms with E-state index in [4.69, 9.17) is 22.1 Å². The number of hydrazine groups is 1. The number of carbonyl (C=O) groups is 1. The monoisotopic (exact) mass is 398 g/mol. The maximum atomic E-state index is 12.2. The molecule has 0 atom stereocenters. The first-order chi connectivity index (χ1) is 13.5. The quantitative estimate of drug-likeness (QED) is 0.469.